The Morgan fingerprint density at radius 3 is 2.57 bits per heavy atom. The summed E-state index contributed by atoms with van der Waals surface area (Å²) in [5, 5.41) is 9.18. The highest BCUT2D eigenvalue weighted by molar-refractivity contribution is 7.89. The maximum absolute atomic E-state index is 13.4. The Kier molecular flexibility index (Phi) is 4.60. The minimum atomic E-state index is -3.56. The molecule has 0 radical (unpaired) electrons. The van der Waals surface area contributed by atoms with Crippen molar-refractivity contribution >= 4 is 15.9 Å². The number of carbonyl (C=O) groups is 1. The molecular formula is C13H17FN2O4S. The van der Waals surface area contributed by atoms with Crippen molar-refractivity contribution in [1.29, 1.82) is 0 Å². The molecule has 8 heteroatoms. The molecule has 1 heterocycles. The van der Waals surface area contributed by atoms with Gasteiger partial charge in [0.05, 0.1) is 24.1 Å². The van der Waals surface area contributed by atoms with Gasteiger partial charge >= 0.3 is 0 Å². The van der Waals surface area contributed by atoms with Crippen LogP contribution in [-0.4, -0.2) is 56.7 Å². The van der Waals surface area contributed by atoms with E-state index in [1.165, 1.54) is 36.2 Å². The van der Waals surface area contributed by atoms with Gasteiger partial charge in [-0.3, -0.25) is 4.79 Å². The van der Waals surface area contributed by atoms with Crippen molar-refractivity contribution in [2.24, 2.45) is 0 Å². The van der Waals surface area contributed by atoms with E-state index in [9.17, 15) is 22.7 Å². The van der Waals surface area contributed by atoms with Crippen molar-refractivity contribution in [3.8, 4) is 0 Å². The van der Waals surface area contributed by atoms with Gasteiger partial charge < -0.3 is 10.0 Å². The predicted molar refractivity (Wildman–Crippen MR) is 74.1 cm³/mol. The third-order valence-corrected chi connectivity index (χ3v) is 4.95. The summed E-state index contributed by atoms with van der Waals surface area (Å²) in [4.78, 5) is 13.6. The Balaban J connectivity index is 2.21. The number of halogens is 1. The summed E-state index contributed by atoms with van der Waals surface area (Å²) < 4.78 is 38.7. The lowest BCUT2D eigenvalue weighted by atomic mass is 10.1. The molecule has 1 aliphatic rings. The van der Waals surface area contributed by atoms with Crippen LogP contribution in [0.1, 0.15) is 16.8 Å². The highest BCUT2D eigenvalue weighted by atomic mass is 32.2. The van der Waals surface area contributed by atoms with Crippen LogP contribution in [0.3, 0.4) is 0 Å². The fraction of sp³-hybridized carbons (Fsp3) is 0.462. The summed E-state index contributed by atoms with van der Waals surface area (Å²) in [5.41, 5.74) is 0.262. The van der Waals surface area contributed by atoms with Gasteiger partial charge in [-0.1, -0.05) is 0 Å². The third-order valence-electron chi connectivity index (χ3n) is 3.52. The van der Waals surface area contributed by atoms with Crippen molar-refractivity contribution < 1.29 is 22.7 Å². The van der Waals surface area contributed by atoms with Gasteiger partial charge in [0.25, 0.3) is 5.91 Å². The van der Waals surface area contributed by atoms with Gasteiger partial charge in [-0.15, -0.1) is 0 Å². The predicted octanol–water partition coefficient (Wildman–Crippen LogP) is 0.140. The Hall–Kier alpha value is -1.51. The Morgan fingerprint density at radius 2 is 2.05 bits per heavy atom. The van der Waals surface area contributed by atoms with Crippen LogP contribution in [0.25, 0.3) is 0 Å². The van der Waals surface area contributed by atoms with Gasteiger partial charge in [-0.2, -0.15) is 0 Å². The van der Waals surface area contributed by atoms with Gasteiger partial charge in [0, 0.05) is 12.0 Å². The van der Waals surface area contributed by atoms with Crippen molar-refractivity contribution in [3.63, 3.8) is 0 Å². The Labute approximate surface area is 122 Å². The monoisotopic (exact) mass is 316 g/mol. The highest BCUT2D eigenvalue weighted by Gasteiger charge is 2.35. The molecule has 1 amide bonds. The lowest BCUT2D eigenvalue weighted by Gasteiger charge is -2.22. The summed E-state index contributed by atoms with van der Waals surface area (Å²) in [6.45, 7) is -0.348. The number of hydrogen-bond acceptors (Lipinski definition) is 4. The van der Waals surface area contributed by atoms with Gasteiger partial charge in [0.1, 0.15) is 6.17 Å². The molecule has 1 aromatic carbocycles. The molecule has 2 N–H and O–H groups in total. The molecule has 1 aromatic rings. The van der Waals surface area contributed by atoms with E-state index in [1.807, 2.05) is 0 Å². The maximum atomic E-state index is 13.4. The van der Waals surface area contributed by atoms with Gasteiger partial charge in [-0.05, 0) is 31.3 Å². The van der Waals surface area contributed by atoms with E-state index in [2.05, 4.69) is 4.72 Å². The van der Waals surface area contributed by atoms with Crippen LogP contribution in [-0.2, 0) is 10.0 Å². The number of likely N-dealkylation sites (tertiary alicyclic amines) is 1. The molecule has 6 nitrogen and oxygen atoms in total. The topological polar surface area (TPSA) is 86.7 Å². The largest absolute Gasteiger partial charge is 0.394 e. The lowest BCUT2D eigenvalue weighted by molar-refractivity contribution is 0.0673. The molecule has 116 valence electrons. The number of aliphatic hydroxyl groups is 1. The summed E-state index contributed by atoms with van der Waals surface area (Å²) in [6.07, 6.45) is -1.02. The van der Waals surface area contributed by atoms with E-state index < -0.39 is 28.1 Å². The number of amides is 1. The van der Waals surface area contributed by atoms with E-state index >= 15 is 0 Å². The van der Waals surface area contributed by atoms with Crippen molar-refractivity contribution in [1.82, 2.24) is 9.62 Å². The second kappa shape index (κ2) is 6.08. The van der Waals surface area contributed by atoms with Crippen LogP contribution in [0.5, 0.6) is 0 Å². The van der Waals surface area contributed by atoms with Gasteiger partial charge in [0.15, 0.2) is 0 Å². The van der Waals surface area contributed by atoms with Crippen LogP contribution in [0.4, 0.5) is 4.39 Å². The number of nitrogens with zero attached hydrogens (tertiary/aromatic N) is 1. The fourth-order valence-electron chi connectivity index (χ4n) is 2.34. The molecule has 2 atom stereocenters. The maximum Gasteiger partial charge on any atom is 0.254 e. The molecule has 1 saturated heterocycles. The van der Waals surface area contributed by atoms with E-state index in [0.717, 1.165) is 0 Å². The summed E-state index contributed by atoms with van der Waals surface area (Å²) in [7, 11) is -2.26. The second-order valence-corrected chi connectivity index (χ2v) is 6.75. The van der Waals surface area contributed by atoms with Crippen LogP contribution in [0.15, 0.2) is 29.2 Å². The minimum absolute atomic E-state index is 0.0463. The number of rotatable bonds is 4. The van der Waals surface area contributed by atoms with E-state index in [-0.39, 0.29) is 30.0 Å². The first kappa shape index (κ1) is 15.9. The third kappa shape index (κ3) is 3.22. The van der Waals surface area contributed by atoms with Crippen LogP contribution >= 0.6 is 0 Å². The molecule has 2 rings (SSSR count). The van der Waals surface area contributed by atoms with Crippen LogP contribution in [0, 0.1) is 0 Å². The average molecular weight is 316 g/mol. The summed E-state index contributed by atoms with van der Waals surface area (Å²) in [5.74, 6) is -0.414. The molecule has 0 unspecified atom stereocenters. The molecular weight excluding hydrogens is 299 g/mol. The molecule has 21 heavy (non-hydrogen) atoms. The first-order valence-electron chi connectivity index (χ1n) is 6.48. The number of alkyl halides is 1. The van der Waals surface area contributed by atoms with Gasteiger partial charge in [0.2, 0.25) is 10.0 Å². The molecule has 1 aliphatic heterocycles. The standard InChI is InChI=1S/C13H17FN2O4S/c1-15-21(19,20)12-4-2-9(3-5-12)13(18)16-7-10(14)6-11(16)8-17/h2-5,10-11,15,17H,6-8H2,1H3/t10-,11-/m0/s1. The number of hydrogen-bond donors (Lipinski definition) is 2. The SMILES string of the molecule is CNS(=O)(=O)c1ccc(C(=O)N2C[C@@H](F)C[C@H]2CO)cc1. The highest BCUT2D eigenvalue weighted by Crippen LogP contribution is 2.23. The molecule has 0 saturated carbocycles. The fourth-order valence-corrected chi connectivity index (χ4v) is 3.07. The zero-order valence-corrected chi connectivity index (χ0v) is 12.3. The molecule has 0 aliphatic carbocycles. The molecule has 0 aromatic heterocycles. The summed E-state index contributed by atoms with van der Waals surface area (Å²) in [6, 6.07) is 4.86. The number of nitrogens with one attached hydrogen (secondary N) is 1. The quantitative estimate of drug-likeness (QED) is 0.827. The first-order valence-corrected chi connectivity index (χ1v) is 7.97. The zero-order valence-electron chi connectivity index (χ0n) is 11.5. The second-order valence-electron chi connectivity index (χ2n) is 4.86. The lowest BCUT2D eigenvalue weighted by Crippen LogP contribution is -2.37. The van der Waals surface area contributed by atoms with Crippen molar-refractivity contribution in [2.45, 2.75) is 23.5 Å². The van der Waals surface area contributed by atoms with Crippen LogP contribution in [0.2, 0.25) is 0 Å². The number of aliphatic hydroxyl groups excluding tert-OH is 1. The van der Waals surface area contributed by atoms with E-state index in [4.69, 9.17) is 0 Å². The van der Waals surface area contributed by atoms with Gasteiger partial charge in [-0.25, -0.2) is 17.5 Å². The zero-order chi connectivity index (χ0) is 15.6. The smallest absolute Gasteiger partial charge is 0.254 e. The Morgan fingerprint density at radius 1 is 1.43 bits per heavy atom. The Bertz CT molecular complexity index is 618. The van der Waals surface area contributed by atoms with Crippen molar-refractivity contribution in [2.75, 3.05) is 20.2 Å². The minimum Gasteiger partial charge on any atom is -0.394 e. The first-order chi connectivity index (χ1) is 9.89. The molecule has 0 bridgehead atoms. The normalized spacial score (nSPS) is 22.5. The molecule has 1 fully saturated rings. The average Bonchev–Trinajstić information content (AvgIpc) is 2.87. The number of benzene rings is 1. The van der Waals surface area contributed by atoms with Crippen LogP contribution < -0.4 is 4.72 Å². The molecule has 0 spiro atoms. The van der Waals surface area contributed by atoms with E-state index in [0.29, 0.717) is 0 Å². The van der Waals surface area contributed by atoms with Crippen molar-refractivity contribution in [3.05, 3.63) is 29.8 Å². The number of carbonyl (C=O) groups excluding carboxylic acids is 1. The van der Waals surface area contributed by atoms with E-state index in [1.54, 1.807) is 0 Å². The number of sulfonamides is 1. The summed E-state index contributed by atoms with van der Waals surface area (Å²) >= 11 is 0.